The van der Waals surface area contributed by atoms with E-state index in [9.17, 15) is 19.8 Å². The summed E-state index contributed by atoms with van der Waals surface area (Å²) in [5, 5.41) is 19.4. The van der Waals surface area contributed by atoms with Gasteiger partial charge in [-0.15, -0.1) is 11.3 Å². The highest BCUT2D eigenvalue weighted by molar-refractivity contribution is 7.15. The number of hydrogen-bond donors (Lipinski definition) is 3. The third-order valence-corrected chi connectivity index (χ3v) is 6.16. The van der Waals surface area contributed by atoms with Crippen molar-refractivity contribution in [3.8, 4) is 27.8 Å². The number of hydrogen-bond acceptors (Lipinski definition) is 6. The number of carbonyl (C=O) groups excluding carboxylic acids is 1. The maximum absolute atomic E-state index is 12.8. The first-order chi connectivity index (χ1) is 15.9. The van der Waals surface area contributed by atoms with Crippen molar-refractivity contribution in [2.24, 2.45) is 0 Å². The van der Waals surface area contributed by atoms with Crippen molar-refractivity contribution < 1.29 is 19.7 Å². The molecule has 0 amide bonds. The summed E-state index contributed by atoms with van der Waals surface area (Å²) in [6.45, 7) is 1.64. The molecule has 0 aliphatic heterocycles. The Morgan fingerprint density at radius 2 is 2.03 bits per heavy atom. The molecule has 3 N–H and O–H groups in total. The molecule has 2 aromatic heterocycles. The summed E-state index contributed by atoms with van der Waals surface area (Å²) in [5.74, 6) is -0.184. The SMILES string of the molecule is COc1cc(/C=C/C(=O)c2cccc(-n3cc(-c4ccc(C)s4)[nH]c3=O)c2)cc(CO)c1O. The third kappa shape index (κ3) is 4.67. The quantitative estimate of drug-likeness (QED) is 0.281. The Morgan fingerprint density at radius 3 is 2.73 bits per heavy atom. The molecule has 0 unspecified atom stereocenters. The predicted molar refractivity (Wildman–Crippen MR) is 128 cm³/mol. The summed E-state index contributed by atoms with van der Waals surface area (Å²) in [6, 6.07) is 13.9. The van der Waals surface area contributed by atoms with Gasteiger partial charge in [-0.3, -0.25) is 9.36 Å². The zero-order chi connectivity index (χ0) is 23.5. The molecule has 0 radical (unpaired) electrons. The molecule has 33 heavy (non-hydrogen) atoms. The number of benzene rings is 2. The van der Waals surface area contributed by atoms with Gasteiger partial charge in [0.2, 0.25) is 0 Å². The van der Waals surface area contributed by atoms with Crippen LogP contribution in [0.5, 0.6) is 11.5 Å². The first kappa shape index (κ1) is 22.3. The molecule has 0 saturated carbocycles. The van der Waals surface area contributed by atoms with Crippen LogP contribution < -0.4 is 10.4 Å². The maximum Gasteiger partial charge on any atom is 0.330 e. The Hall–Kier alpha value is -3.88. The molecule has 4 rings (SSSR count). The van der Waals surface area contributed by atoms with E-state index in [0.29, 0.717) is 22.4 Å². The van der Waals surface area contributed by atoms with E-state index in [1.807, 2.05) is 19.1 Å². The van der Waals surface area contributed by atoms with Crippen LogP contribution in [-0.4, -0.2) is 32.7 Å². The van der Waals surface area contributed by atoms with Crippen molar-refractivity contribution in [1.29, 1.82) is 0 Å². The molecule has 7 nitrogen and oxygen atoms in total. The number of thiophene rings is 1. The number of aromatic hydroxyl groups is 1. The molecule has 4 aromatic rings. The summed E-state index contributed by atoms with van der Waals surface area (Å²) in [5.41, 5.74) is 2.31. The van der Waals surface area contributed by atoms with E-state index in [0.717, 1.165) is 15.4 Å². The summed E-state index contributed by atoms with van der Waals surface area (Å²) < 4.78 is 6.59. The van der Waals surface area contributed by atoms with E-state index in [4.69, 9.17) is 4.74 Å². The maximum atomic E-state index is 12.8. The third-order valence-electron chi connectivity index (χ3n) is 5.13. The summed E-state index contributed by atoms with van der Waals surface area (Å²) in [6.07, 6.45) is 4.70. The lowest BCUT2D eigenvalue weighted by molar-refractivity contribution is 0.104. The van der Waals surface area contributed by atoms with Gasteiger partial charge in [-0.25, -0.2) is 4.79 Å². The molecule has 0 saturated heterocycles. The topological polar surface area (TPSA) is 105 Å². The van der Waals surface area contributed by atoms with Crippen LogP contribution in [-0.2, 0) is 6.61 Å². The number of aryl methyl sites for hydroxylation is 1. The Kier molecular flexibility index (Phi) is 6.30. The van der Waals surface area contributed by atoms with E-state index in [-0.39, 0.29) is 29.6 Å². The number of methoxy groups -OCH3 is 1. The number of aliphatic hydroxyl groups excluding tert-OH is 1. The van der Waals surface area contributed by atoms with Crippen molar-refractivity contribution >= 4 is 23.2 Å². The first-order valence-corrected chi connectivity index (χ1v) is 10.9. The number of rotatable bonds is 7. The van der Waals surface area contributed by atoms with E-state index in [1.54, 1.807) is 60.0 Å². The van der Waals surface area contributed by atoms with Gasteiger partial charge in [0.25, 0.3) is 0 Å². The summed E-state index contributed by atoms with van der Waals surface area (Å²) >= 11 is 1.59. The molecule has 0 atom stereocenters. The van der Waals surface area contributed by atoms with Gasteiger partial charge in [-0.05, 0) is 55.0 Å². The smallest absolute Gasteiger partial charge is 0.330 e. The Balaban J connectivity index is 1.61. The highest BCUT2D eigenvalue weighted by atomic mass is 32.1. The van der Waals surface area contributed by atoms with Crippen molar-refractivity contribution in [2.45, 2.75) is 13.5 Å². The number of phenols is 1. The van der Waals surface area contributed by atoms with Gasteiger partial charge in [0, 0.05) is 22.2 Å². The van der Waals surface area contributed by atoms with Crippen LogP contribution in [0.4, 0.5) is 0 Å². The molecule has 0 bridgehead atoms. The highest BCUT2D eigenvalue weighted by Crippen LogP contribution is 2.32. The molecule has 0 spiro atoms. The summed E-state index contributed by atoms with van der Waals surface area (Å²) in [7, 11) is 1.41. The minimum atomic E-state index is -0.363. The van der Waals surface area contributed by atoms with Crippen molar-refractivity contribution in [2.75, 3.05) is 7.11 Å². The van der Waals surface area contributed by atoms with E-state index in [1.165, 1.54) is 17.8 Å². The number of nitrogens with one attached hydrogen (secondary N) is 1. The van der Waals surface area contributed by atoms with Crippen LogP contribution in [0.1, 0.15) is 26.4 Å². The van der Waals surface area contributed by atoms with Gasteiger partial charge in [-0.2, -0.15) is 0 Å². The number of imidazole rings is 1. The minimum absolute atomic E-state index is 0.134. The van der Waals surface area contributed by atoms with Crippen LogP contribution in [0.2, 0.25) is 0 Å². The fourth-order valence-corrected chi connectivity index (χ4v) is 4.26. The number of allylic oxidation sites excluding steroid dienone is 1. The average molecular weight is 463 g/mol. The number of ketones is 1. The fraction of sp³-hybridized carbons (Fsp3) is 0.120. The standard InChI is InChI=1S/C25H22N2O5S/c1-15-6-9-23(33-15)20-13-27(25(31)26-20)19-5-3-4-17(12-19)21(29)8-7-16-10-18(14-28)24(30)22(11-16)32-2/h3-13,28,30H,14H2,1-2H3,(H,26,31)/b8-7+. The molecule has 0 aliphatic carbocycles. The molecule has 0 aliphatic rings. The van der Waals surface area contributed by atoms with Crippen LogP contribution in [0, 0.1) is 6.92 Å². The largest absolute Gasteiger partial charge is 0.504 e. The molecule has 8 heteroatoms. The van der Waals surface area contributed by atoms with Gasteiger partial charge in [0.1, 0.15) is 0 Å². The van der Waals surface area contributed by atoms with Gasteiger partial charge in [0.05, 0.1) is 30.0 Å². The number of carbonyl (C=O) groups is 1. The lowest BCUT2D eigenvalue weighted by Crippen LogP contribution is -2.14. The zero-order valence-electron chi connectivity index (χ0n) is 18.0. The molecule has 168 valence electrons. The van der Waals surface area contributed by atoms with Gasteiger partial charge >= 0.3 is 5.69 Å². The normalized spacial score (nSPS) is 11.2. The van der Waals surface area contributed by atoms with Gasteiger partial charge in [0.15, 0.2) is 17.3 Å². The number of aliphatic hydroxyl groups is 1. The van der Waals surface area contributed by atoms with Crippen molar-refractivity contribution in [3.05, 3.63) is 92.9 Å². The van der Waals surface area contributed by atoms with Crippen LogP contribution in [0.3, 0.4) is 0 Å². The summed E-state index contributed by atoms with van der Waals surface area (Å²) in [4.78, 5) is 30.3. The lowest BCUT2D eigenvalue weighted by Gasteiger charge is -2.08. The number of nitrogens with zero attached hydrogens (tertiary/aromatic N) is 1. The van der Waals surface area contributed by atoms with Crippen molar-refractivity contribution in [1.82, 2.24) is 9.55 Å². The van der Waals surface area contributed by atoms with Crippen molar-refractivity contribution in [3.63, 3.8) is 0 Å². The first-order valence-electron chi connectivity index (χ1n) is 10.1. The molecule has 0 fully saturated rings. The lowest BCUT2D eigenvalue weighted by atomic mass is 10.1. The van der Waals surface area contributed by atoms with Crippen LogP contribution in [0.25, 0.3) is 22.3 Å². The Morgan fingerprint density at radius 1 is 1.21 bits per heavy atom. The number of ether oxygens (including phenoxy) is 1. The molecular weight excluding hydrogens is 440 g/mol. The van der Waals surface area contributed by atoms with Gasteiger partial charge < -0.3 is 19.9 Å². The Bertz CT molecular complexity index is 1390. The second kappa shape index (κ2) is 9.32. The molecular formula is C25H22N2O5S. The number of aromatic nitrogens is 2. The van der Waals surface area contributed by atoms with E-state index >= 15 is 0 Å². The molecule has 2 aromatic carbocycles. The van der Waals surface area contributed by atoms with Gasteiger partial charge in [-0.1, -0.05) is 18.2 Å². The predicted octanol–water partition coefficient (Wildman–Crippen LogP) is 4.31. The second-order valence-electron chi connectivity index (χ2n) is 7.39. The van der Waals surface area contributed by atoms with E-state index in [2.05, 4.69) is 4.98 Å². The fourth-order valence-electron chi connectivity index (χ4n) is 3.43. The Labute approximate surface area is 193 Å². The number of aromatic amines is 1. The zero-order valence-corrected chi connectivity index (χ0v) is 18.8. The van der Waals surface area contributed by atoms with Crippen LogP contribution >= 0.6 is 11.3 Å². The monoisotopic (exact) mass is 462 g/mol. The van der Waals surface area contributed by atoms with Crippen LogP contribution in [0.15, 0.2) is 65.6 Å². The number of H-pyrrole nitrogens is 1. The average Bonchev–Trinajstić information content (AvgIpc) is 3.43. The highest BCUT2D eigenvalue weighted by Gasteiger charge is 2.12. The minimum Gasteiger partial charge on any atom is -0.504 e. The molecule has 2 heterocycles. The second-order valence-corrected chi connectivity index (χ2v) is 8.68. The van der Waals surface area contributed by atoms with E-state index < -0.39 is 0 Å².